The molecule has 0 aromatic heterocycles. The first kappa shape index (κ1) is 21.2. The number of benzene rings is 2. The summed E-state index contributed by atoms with van der Waals surface area (Å²) in [5.41, 5.74) is 4.66. The van der Waals surface area contributed by atoms with E-state index in [9.17, 15) is 4.39 Å². The molecular weight excluding hydrogens is 430 g/mol. The third kappa shape index (κ3) is 6.53. The van der Waals surface area contributed by atoms with Gasteiger partial charge in [-0.3, -0.25) is 4.99 Å². The van der Waals surface area contributed by atoms with E-state index in [-0.39, 0.29) is 29.8 Å². The third-order valence-corrected chi connectivity index (χ3v) is 3.89. The molecular formula is C19H26FIN4. The molecule has 0 atom stereocenters. The second kappa shape index (κ2) is 10.2. The molecule has 0 heterocycles. The van der Waals surface area contributed by atoms with Crippen LogP contribution in [0.2, 0.25) is 0 Å². The lowest BCUT2D eigenvalue weighted by atomic mass is 10.1. The lowest BCUT2D eigenvalue weighted by molar-refractivity contribution is 0.626. The molecule has 2 rings (SSSR count). The van der Waals surface area contributed by atoms with Crippen molar-refractivity contribution in [3.63, 3.8) is 0 Å². The molecule has 0 amide bonds. The van der Waals surface area contributed by atoms with E-state index in [1.807, 2.05) is 14.1 Å². The normalized spacial score (nSPS) is 10.8. The molecule has 0 aliphatic rings. The van der Waals surface area contributed by atoms with Crippen molar-refractivity contribution in [2.45, 2.75) is 20.0 Å². The van der Waals surface area contributed by atoms with Crippen molar-refractivity contribution in [3.8, 4) is 0 Å². The van der Waals surface area contributed by atoms with Gasteiger partial charge in [-0.05, 0) is 47.9 Å². The van der Waals surface area contributed by atoms with Crippen LogP contribution in [-0.4, -0.2) is 27.1 Å². The highest BCUT2D eigenvalue weighted by atomic mass is 127. The lowest BCUT2D eigenvalue weighted by Gasteiger charge is -2.16. The largest absolute Gasteiger partial charge is 0.378 e. The van der Waals surface area contributed by atoms with Crippen LogP contribution < -0.4 is 15.5 Å². The Morgan fingerprint density at radius 2 is 1.68 bits per heavy atom. The Kier molecular flexibility index (Phi) is 8.68. The summed E-state index contributed by atoms with van der Waals surface area (Å²) in [7, 11) is 5.81. The fourth-order valence-electron chi connectivity index (χ4n) is 2.34. The van der Waals surface area contributed by atoms with Crippen LogP contribution in [0.25, 0.3) is 0 Å². The first-order valence-corrected chi connectivity index (χ1v) is 7.95. The van der Waals surface area contributed by atoms with Gasteiger partial charge in [0.1, 0.15) is 5.82 Å². The molecule has 2 N–H and O–H groups in total. The molecule has 0 unspecified atom stereocenters. The van der Waals surface area contributed by atoms with Gasteiger partial charge in [-0.25, -0.2) is 4.39 Å². The average molecular weight is 456 g/mol. The molecule has 0 aliphatic heterocycles. The summed E-state index contributed by atoms with van der Waals surface area (Å²) in [6.07, 6.45) is 0. The monoisotopic (exact) mass is 456 g/mol. The van der Waals surface area contributed by atoms with Crippen molar-refractivity contribution < 1.29 is 4.39 Å². The number of halogens is 2. The zero-order chi connectivity index (χ0) is 17.5. The Bertz CT molecular complexity index is 699. The average Bonchev–Trinajstić information content (AvgIpc) is 2.57. The van der Waals surface area contributed by atoms with Crippen LogP contribution in [0, 0.1) is 12.7 Å². The van der Waals surface area contributed by atoms with Gasteiger partial charge in [0.25, 0.3) is 0 Å². The van der Waals surface area contributed by atoms with Gasteiger partial charge in [0.05, 0.1) is 0 Å². The van der Waals surface area contributed by atoms with E-state index in [4.69, 9.17) is 0 Å². The van der Waals surface area contributed by atoms with Crippen molar-refractivity contribution in [3.05, 3.63) is 65.0 Å². The van der Waals surface area contributed by atoms with Crippen molar-refractivity contribution in [1.29, 1.82) is 0 Å². The minimum Gasteiger partial charge on any atom is -0.378 e. The van der Waals surface area contributed by atoms with Gasteiger partial charge in [-0.15, -0.1) is 24.0 Å². The van der Waals surface area contributed by atoms with E-state index >= 15 is 0 Å². The highest BCUT2D eigenvalue weighted by Crippen LogP contribution is 2.17. The molecule has 136 valence electrons. The highest BCUT2D eigenvalue weighted by Gasteiger charge is 2.04. The third-order valence-electron chi connectivity index (χ3n) is 3.89. The van der Waals surface area contributed by atoms with Crippen molar-refractivity contribution in [2.75, 3.05) is 26.0 Å². The molecule has 0 saturated heterocycles. The summed E-state index contributed by atoms with van der Waals surface area (Å²) in [6.45, 7) is 3.40. The number of rotatable bonds is 5. The summed E-state index contributed by atoms with van der Waals surface area (Å²) in [6, 6.07) is 12.9. The van der Waals surface area contributed by atoms with Crippen LogP contribution in [0.3, 0.4) is 0 Å². The zero-order valence-electron chi connectivity index (χ0n) is 15.1. The van der Waals surface area contributed by atoms with Gasteiger partial charge in [0.2, 0.25) is 0 Å². The molecule has 2 aromatic rings. The van der Waals surface area contributed by atoms with Crippen LogP contribution in [0.4, 0.5) is 10.1 Å². The molecule has 0 aliphatic carbocycles. The molecule has 0 spiro atoms. The Hall–Kier alpha value is -1.83. The molecule has 0 fully saturated rings. The van der Waals surface area contributed by atoms with Gasteiger partial charge < -0.3 is 15.5 Å². The van der Waals surface area contributed by atoms with Gasteiger partial charge in [0.15, 0.2) is 5.96 Å². The highest BCUT2D eigenvalue weighted by molar-refractivity contribution is 14.0. The van der Waals surface area contributed by atoms with E-state index < -0.39 is 0 Å². The van der Waals surface area contributed by atoms with Crippen LogP contribution in [0.5, 0.6) is 0 Å². The number of aryl methyl sites for hydroxylation is 1. The summed E-state index contributed by atoms with van der Waals surface area (Å²) in [5.74, 6) is 0.494. The van der Waals surface area contributed by atoms with Gasteiger partial charge in [-0.1, -0.05) is 18.2 Å². The van der Waals surface area contributed by atoms with E-state index in [1.54, 1.807) is 19.2 Å². The van der Waals surface area contributed by atoms with Gasteiger partial charge in [0, 0.05) is 39.9 Å². The lowest BCUT2D eigenvalue weighted by Crippen LogP contribution is -2.36. The molecule has 0 bridgehead atoms. The van der Waals surface area contributed by atoms with Crippen LogP contribution in [0.1, 0.15) is 16.7 Å². The molecule has 2 aromatic carbocycles. The number of guanidine groups is 1. The van der Waals surface area contributed by atoms with Crippen LogP contribution in [0.15, 0.2) is 47.5 Å². The Morgan fingerprint density at radius 3 is 2.24 bits per heavy atom. The Morgan fingerprint density at radius 1 is 1.04 bits per heavy atom. The number of hydrogen-bond donors (Lipinski definition) is 2. The fourth-order valence-corrected chi connectivity index (χ4v) is 2.34. The predicted octanol–water partition coefficient (Wildman–Crippen LogP) is 3.68. The van der Waals surface area contributed by atoms with E-state index in [0.717, 1.165) is 11.5 Å². The van der Waals surface area contributed by atoms with Crippen molar-refractivity contribution in [1.82, 2.24) is 10.6 Å². The molecule has 4 nitrogen and oxygen atoms in total. The van der Waals surface area contributed by atoms with Gasteiger partial charge >= 0.3 is 0 Å². The standard InChI is InChI=1S/C19H25FN4.HI/c1-14-11-18(24(3)4)10-7-16(14)13-23-19(21-2)22-12-15-5-8-17(20)9-6-15;/h5-11H,12-13H2,1-4H3,(H2,21,22,23);1H. The first-order chi connectivity index (χ1) is 11.5. The second-order valence-corrected chi connectivity index (χ2v) is 5.91. The van der Waals surface area contributed by atoms with E-state index in [2.05, 4.69) is 45.6 Å². The minimum atomic E-state index is -0.224. The number of aliphatic imine (C=N–C) groups is 1. The van der Waals surface area contributed by atoms with Gasteiger partial charge in [-0.2, -0.15) is 0 Å². The number of hydrogen-bond acceptors (Lipinski definition) is 2. The maximum Gasteiger partial charge on any atom is 0.191 e. The fraction of sp³-hybridized carbons (Fsp3) is 0.316. The maximum absolute atomic E-state index is 12.9. The molecule has 0 radical (unpaired) electrons. The van der Waals surface area contributed by atoms with Crippen molar-refractivity contribution >= 4 is 35.6 Å². The number of anilines is 1. The van der Waals surface area contributed by atoms with Crippen LogP contribution in [-0.2, 0) is 13.1 Å². The Labute approximate surface area is 166 Å². The van der Waals surface area contributed by atoms with Crippen LogP contribution >= 0.6 is 24.0 Å². The molecule has 0 saturated carbocycles. The van der Waals surface area contributed by atoms with E-state index in [0.29, 0.717) is 13.1 Å². The predicted molar refractivity (Wildman–Crippen MR) is 114 cm³/mol. The van der Waals surface area contributed by atoms with E-state index in [1.165, 1.54) is 28.9 Å². The minimum absolute atomic E-state index is 0. The number of nitrogens with one attached hydrogen (secondary N) is 2. The summed E-state index contributed by atoms with van der Waals surface area (Å²) in [4.78, 5) is 6.31. The molecule has 6 heteroatoms. The summed E-state index contributed by atoms with van der Waals surface area (Å²) < 4.78 is 12.9. The summed E-state index contributed by atoms with van der Waals surface area (Å²) >= 11 is 0. The first-order valence-electron chi connectivity index (χ1n) is 7.95. The second-order valence-electron chi connectivity index (χ2n) is 5.91. The zero-order valence-corrected chi connectivity index (χ0v) is 17.5. The Balaban J connectivity index is 0.00000312. The van der Waals surface area contributed by atoms with Crippen molar-refractivity contribution in [2.24, 2.45) is 4.99 Å². The molecule has 25 heavy (non-hydrogen) atoms. The quantitative estimate of drug-likeness (QED) is 0.410. The smallest absolute Gasteiger partial charge is 0.191 e. The SMILES string of the molecule is CN=C(NCc1ccc(F)cc1)NCc1ccc(N(C)C)cc1C.I. The summed E-state index contributed by atoms with van der Waals surface area (Å²) in [5, 5.41) is 6.54. The topological polar surface area (TPSA) is 39.7 Å². The maximum atomic E-state index is 12.9. The number of nitrogens with zero attached hydrogens (tertiary/aromatic N) is 2.